The van der Waals surface area contributed by atoms with Gasteiger partial charge in [0, 0.05) is 46.1 Å². The van der Waals surface area contributed by atoms with E-state index in [2.05, 4.69) is 12.0 Å². The molecular formula is C37H48Cl3F2N3O7. The highest BCUT2D eigenvalue weighted by Crippen LogP contribution is 2.67. The van der Waals surface area contributed by atoms with Crippen molar-refractivity contribution in [3.63, 3.8) is 0 Å². The zero-order chi connectivity index (χ0) is 38.5. The van der Waals surface area contributed by atoms with Gasteiger partial charge < -0.3 is 15.3 Å². The first-order valence-corrected chi connectivity index (χ1v) is 18.9. The number of carbonyl (C=O) groups excluding carboxylic acids is 3. The van der Waals surface area contributed by atoms with Gasteiger partial charge >= 0.3 is 0 Å². The van der Waals surface area contributed by atoms with E-state index in [1.807, 2.05) is 6.92 Å². The quantitative estimate of drug-likeness (QED) is 0.248. The fourth-order valence-corrected chi connectivity index (χ4v) is 11.2. The van der Waals surface area contributed by atoms with Gasteiger partial charge in [0.25, 0.3) is 12.3 Å². The van der Waals surface area contributed by atoms with Crippen LogP contribution in [0.5, 0.6) is 0 Å². The number of carbonyl (C=O) groups is 3. The number of amides is 1. The summed E-state index contributed by atoms with van der Waals surface area (Å²) in [5, 5.41) is 36.3. The number of fused-ring (bicyclic) bond motifs is 5. The number of aryl methyl sites for hydroxylation is 1. The van der Waals surface area contributed by atoms with E-state index in [0.717, 1.165) is 48.3 Å². The average molecular weight is 791 g/mol. The maximum absolute atomic E-state index is 13.4. The van der Waals surface area contributed by atoms with Crippen LogP contribution in [-0.2, 0) is 27.9 Å². The van der Waals surface area contributed by atoms with Gasteiger partial charge in [-0.3, -0.25) is 23.9 Å². The zero-order valence-corrected chi connectivity index (χ0v) is 32.3. The van der Waals surface area contributed by atoms with Gasteiger partial charge in [-0.2, -0.15) is 5.10 Å². The van der Waals surface area contributed by atoms with E-state index in [4.69, 9.17) is 39.6 Å². The summed E-state index contributed by atoms with van der Waals surface area (Å²) in [6, 6.07) is 2.52. The Morgan fingerprint density at radius 1 is 1.12 bits per heavy atom. The molecule has 9 atom stereocenters. The largest absolute Gasteiger partial charge is 0.393 e. The summed E-state index contributed by atoms with van der Waals surface area (Å²) in [7, 11) is 2.73. The molecule has 6 rings (SSSR count). The van der Waals surface area contributed by atoms with Crippen LogP contribution in [0.15, 0.2) is 18.3 Å². The van der Waals surface area contributed by atoms with Crippen molar-refractivity contribution in [3.05, 3.63) is 50.2 Å². The Labute approximate surface area is 317 Å². The number of ketones is 2. The first-order valence-electron chi connectivity index (χ1n) is 17.7. The molecule has 1 unspecified atom stereocenters. The predicted octanol–water partition coefficient (Wildman–Crippen LogP) is 6.81. The predicted molar refractivity (Wildman–Crippen MR) is 191 cm³/mol. The van der Waals surface area contributed by atoms with E-state index in [0.29, 0.717) is 33.0 Å². The Morgan fingerprint density at radius 3 is 2.37 bits per heavy atom. The number of aromatic nitrogens is 2. The van der Waals surface area contributed by atoms with Gasteiger partial charge in [0.2, 0.25) is 0 Å². The molecule has 0 saturated heterocycles. The Balaban J connectivity index is 0.000000201. The Kier molecular flexibility index (Phi) is 12.2. The van der Waals surface area contributed by atoms with Crippen LogP contribution in [0.25, 0.3) is 0 Å². The Bertz CT molecular complexity index is 1670. The molecule has 1 aromatic heterocycles. The van der Waals surface area contributed by atoms with E-state index in [1.54, 1.807) is 6.92 Å². The zero-order valence-electron chi connectivity index (χ0n) is 30.1. The third-order valence-corrected chi connectivity index (χ3v) is 13.7. The standard InChI is InChI=1S/C21H32O5.C16H16Cl3F2N3O2/c1-19-7-5-13(23)9-12(19)3-4-14-15-6-8-21(26,17(25)11-22)20(15,2)10-16(24)18(14)19;1-8(4-10-12(18)5-9(17)6-13(10)19)24(26-3)16(25)11-7-23(2)22-14(11)15(20)21/h12-15,18,22-23,26H,3-11H2,1-2H3;5-8,15H,4H2,1-3H3/t12-,13-,14+,15+,18-,19+,20+,21+;/m1./s1. The summed E-state index contributed by atoms with van der Waals surface area (Å²) in [6.45, 7) is 5.15. The van der Waals surface area contributed by atoms with Crippen molar-refractivity contribution < 1.29 is 43.3 Å². The Hall–Kier alpha value is -2.19. The van der Waals surface area contributed by atoms with Gasteiger partial charge in [-0.25, -0.2) is 13.8 Å². The number of hydrogen-bond donors (Lipinski definition) is 3. The molecule has 1 aromatic carbocycles. The van der Waals surface area contributed by atoms with Crippen LogP contribution in [-0.4, -0.2) is 79.1 Å². The number of hydrogen-bond acceptors (Lipinski definition) is 8. The summed E-state index contributed by atoms with van der Waals surface area (Å²) in [6.07, 6.45) is 4.05. The second-order valence-corrected chi connectivity index (χ2v) is 16.9. The van der Waals surface area contributed by atoms with Crippen molar-refractivity contribution in [2.45, 2.75) is 103 Å². The maximum atomic E-state index is 13.4. The molecule has 0 bridgehead atoms. The van der Waals surface area contributed by atoms with Gasteiger partial charge in [0.1, 0.15) is 23.7 Å². The molecule has 1 amide bonds. The molecule has 0 radical (unpaired) electrons. The number of Topliss-reactive ketones (excluding diaryl/α,β-unsaturated/α-hetero) is 2. The monoisotopic (exact) mass is 789 g/mol. The lowest BCUT2D eigenvalue weighted by molar-refractivity contribution is -0.180. The van der Waals surface area contributed by atoms with Crippen LogP contribution >= 0.6 is 34.8 Å². The third-order valence-electron chi connectivity index (χ3n) is 12.8. The van der Waals surface area contributed by atoms with E-state index >= 15 is 0 Å². The molecule has 15 heteroatoms. The minimum atomic E-state index is -2.88. The van der Waals surface area contributed by atoms with Crippen molar-refractivity contribution in [1.82, 2.24) is 14.8 Å². The van der Waals surface area contributed by atoms with Gasteiger partial charge in [0.15, 0.2) is 5.78 Å². The Morgan fingerprint density at radius 2 is 1.77 bits per heavy atom. The number of hydroxylamine groups is 2. The molecule has 4 aliphatic rings. The summed E-state index contributed by atoms with van der Waals surface area (Å²) < 4.78 is 27.4. The lowest BCUT2D eigenvalue weighted by Gasteiger charge is -2.60. The summed E-state index contributed by atoms with van der Waals surface area (Å²) in [4.78, 5) is 43.6. The molecule has 288 valence electrons. The minimum absolute atomic E-state index is 0.0154. The van der Waals surface area contributed by atoms with E-state index < -0.39 is 47.5 Å². The average Bonchev–Trinajstić information content (AvgIpc) is 3.60. The molecule has 52 heavy (non-hydrogen) atoms. The van der Waals surface area contributed by atoms with Crippen LogP contribution < -0.4 is 0 Å². The number of alkyl halides is 2. The van der Waals surface area contributed by atoms with Gasteiger partial charge in [0.05, 0.1) is 24.8 Å². The number of nitrogens with zero attached hydrogens (tertiary/aromatic N) is 3. The maximum Gasteiger partial charge on any atom is 0.282 e. The number of benzene rings is 1. The summed E-state index contributed by atoms with van der Waals surface area (Å²) in [5.41, 5.74) is -2.67. The highest BCUT2D eigenvalue weighted by atomic mass is 35.5. The molecule has 3 N–H and O–H groups in total. The van der Waals surface area contributed by atoms with Crippen LogP contribution in [0, 0.1) is 34.5 Å². The lowest BCUT2D eigenvalue weighted by Crippen LogP contribution is -2.62. The topological polar surface area (TPSA) is 142 Å². The van der Waals surface area contributed by atoms with Crippen LogP contribution in [0.4, 0.5) is 8.78 Å². The van der Waals surface area contributed by atoms with Crippen molar-refractivity contribution in [2.24, 2.45) is 41.5 Å². The second kappa shape index (κ2) is 15.5. The van der Waals surface area contributed by atoms with E-state index in [1.165, 1.54) is 32.5 Å². The normalized spacial score (nSPS) is 33.0. The highest BCUT2D eigenvalue weighted by Gasteiger charge is 2.68. The van der Waals surface area contributed by atoms with Crippen LogP contribution in [0.3, 0.4) is 0 Å². The van der Waals surface area contributed by atoms with Gasteiger partial charge in [-0.1, -0.05) is 48.7 Å². The molecule has 0 spiro atoms. The molecule has 1 heterocycles. The fraction of sp³-hybridized carbons (Fsp3) is 0.676. The first kappa shape index (κ1) is 41.0. The van der Waals surface area contributed by atoms with Crippen molar-refractivity contribution in [2.75, 3.05) is 13.7 Å². The smallest absolute Gasteiger partial charge is 0.282 e. The van der Waals surface area contributed by atoms with E-state index in [-0.39, 0.29) is 53.5 Å². The summed E-state index contributed by atoms with van der Waals surface area (Å²) in [5.74, 6) is -0.352. The molecule has 4 saturated carbocycles. The molecule has 0 aliphatic heterocycles. The number of rotatable bonds is 8. The minimum Gasteiger partial charge on any atom is -0.393 e. The highest BCUT2D eigenvalue weighted by molar-refractivity contribution is 6.39. The molecule has 4 fully saturated rings. The lowest BCUT2D eigenvalue weighted by atomic mass is 9.44. The van der Waals surface area contributed by atoms with Crippen LogP contribution in [0.1, 0.15) is 100 Å². The number of aliphatic hydroxyl groups is 3. The third kappa shape index (κ3) is 7.18. The first-order chi connectivity index (χ1) is 24.3. The van der Waals surface area contributed by atoms with Gasteiger partial charge in [-0.15, -0.1) is 0 Å². The molecular weight excluding hydrogens is 743 g/mol. The molecule has 10 nitrogen and oxygen atoms in total. The van der Waals surface area contributed by atoms with Crippen LogP contribution in [0.2, 0.25) is 15.1 Å². The fourth-order valence-electron chi connectivity index (χ4n) is 10.2. The van der Waals surface area contributed by atoms with Crippen molar-refractivity contribution in [1.29, 1.82) is 0 Å². The summed E-state index contributed by atoms with van der Waals surface area (Å²) >= 11 is 18.2. The van der Waals surface area contributed by atoms with Gasteiger partial charge in [-0.05, 0) is 99.2 Å². The SMILES string of the molecule is CON(C(=O)c1cn(C)nc1C(F)F)C(C)Cc1c(Cl)cc(Cl)cc1Cl.C[C@]12CC[C@@H](O)C[C@H]1CC[C@@H]1[C@@H]2C(=O)C[C@@]2(C)[C@H]1CC[C@]2(O)C(=O)CO. The van der Waals surface area contributed by atoms with Crippen molar-refractivity contribution in [3.8, 4) is 0 Å². The molecule has 4 aliphatic carbocycles. The van der Waals surface area contributed by atoms with E-state index in [9.17, 15) is 38.5 Å². The molecule has 2 aromatic rings. The number of halogens is 5. The number of aliphatic hydroxyl groups excluding tert-OH is 2. The van der Waals surface area contributed by atoms with Crippen molar-refractivity contribution >= 4 is 52.3 Å². The second-order valence-electron chi connectivity index (χ2n) is 15.6.